The highest BCUT2D eigenvalue weighted by molar-refractivity contribution is 9.10. The molecule has 0 aliphatic carbocycles. The Morgan fingerprint density at radius 2 is 1.80 bits per heavy atom. The van der Waals surface area contributed by atoms with Gasteiger partial charge >= 0.3 is 0 Å². The van der Waals surface area contributed by atoms with Gasteiger partial charge in [-0.15, -0.1) is 0 Å². The third-order valence-corrected chi connectivity index (χ3v) is 4.70. The molecule has 0 saturated carbocycles. The normalized spacial score (nSPS) is 11.4. The first kappa shape index (κ1) is 15.2. The van der Waals surface area contributed by atoms with E-state index in [2.05, 4.69) is 15.9 Å². The number of nitrogens with one attached hydrogen (secondary N) is 1. The first-order chi connectivity index (χ1) is 9.29. The number of hydrogen-bond donors (Lipinski definition) is 1. The molecule has 2 rings (SSSR count). The fourth-order valence-electron chi connectivity index (χ4n) is 1.46. The third-order valence-electron chi connectivity index (χ3n) is 2.36. The molecule has 2 aromatic carbocycles. The molecule has 1 N–H and O–H groups in total. The summed E-state index contributed by atoms with van der Waals surface area (Å²) >= 11 is 8.78. The summed E-state index contributed by atoms with van der Waals surface area (Å²) in [6, 6.07) is 6.72. The minimum atomic E-state index is -4.18. The molecule has 0 radical (unpaired) electrons. The summed E-state index contributed by atoms with van der Waals surface area (Å²) in [5.74, 6) is -1.53. The van der Waals surface area contributed by atoms with Crippen molar-refractivity contribution < 1.29 is 17.2 Å². The van der Waals surface area contributed by atoms with Crippen LogP contribution in [0.15, 0.2) is 45.8 Å². The molecular formula is C12H7BrClF2NO2S. The van der Waals surface area contributed by atoms with Gasteiger partial charge in [0.05, 0.1) is 10.7 Å². The molecule has 2 aromatic rings. The van der Waals surface area contributed by atoms with Crippen LogP contribution in [0.2, 0.25) is 5.02 Å². The summed E-state index contributed by atoms with van der Waals surface area (Å²) in [4.78, 5) is -0.457. The second kappa shape index (κ2) is 5.67. The molecule has 0 spiro atoms. The summed E-state index contributed by atoms with van der Waals surface area (Å²) in [6.07, 6.45) is 0. The minimum absolute atomic E-state index is 0.156. The van der Waals surface area contributed by atoms with Gasteiger partial charge in [0.15, 0.2) is 0 Å². The van der Waals surface area contributed by atoms with Gasteiger partial charge in [-0.05, 0) is 36.4 Å². The van der Waals surface area contributed by atoms with Crippen molar-refractivity contribution in [2.75, 3.05) is 4.72 Å². The van der Waals surface area contributed by atoms with E-state index in [0.29, 0.717) is 4.47 Å². The third kappa shape index (κ3) is 3.28. The second-order valence-electron chi connectivity index (χ2n) is 3.80. The number of sulfonamides is 1. The van der Waals surface area contributed by atoms with Crippen molar-refractivity contribution in [3.05, 3.63) is 57.5 Å². The van der Waals surface area contributed by atoms with E-state index in [-0.39, 0.29) is 10.7 Å². The lowest BCUT2D eigenvalue weighted by atomic mass is 10.3. The van der Waals surface area contributed by atoms with Gasteiger partial charge < -0.3 is 0 Å². The molecule has 0 amide bonds. The van der Waals surface area contributed by atoms with Crippen LogP contribution in [0.3, 0.4) is 0 Å². The molecule has 0 atom stereocenters. The Bertz CT molecular complexity index is 768. The van der Waals surface area contributed by atoms with Crippen LogP contribution in [-0.2, 0) is 10.0 Å². The molecule has 0 unspecified atom stereocenters. The number of rotatable bonds is 3. The smallest absolute Gasteiger partial charge is 0.263 e. The number of halogens is 4. The second-order valence-corrected chi connectivity index (χ2v) is 6.78. The lowest BCUT2D eigenvalue weighted by Gasteiger charge is -2.10. The van der Waals surface area contributed by atoms with Gasteiger partial charge in [-0.1, -0.05) is 27.5 Å². The summed E-state index contributed by atoms with van der Waals surface area (Å²) < 4.78 is 53.4. The van der Waals surface area contributed by atoms with Crippen LogP contribution in [0.5, 0.6) is 0 Å². The first-order valence-electron chi connectivity index (χ1n) is 5.22. The van der Waals surface area contributed by atoms with E-state index in [4.69, 9.17) is 11.6 Å². The van der Waals surface area contributed by atoms with Crippen molar-refractivity contribution in [3.63, 3.8) is 0 Å². The molecule has 0 aliphatic heterocycles. The van der Waals surface area contributed by atoms with Crippen LogP contribution in [0.4, 0.5) is 14.5 Å². The van der Waals surface area contributed by atoms with E-state index >= 15 is 0 Å². The average Bonchev–Trinajstić information content (AvgIpc) is 2.35. The van der Waals surface area contributed by atoms with Gasteiger partial charge in [0.1, 0.15) is 16.5 Å². The Labute approximate surface area is 127 Å². The van der Waals surface area contributed by atoms with Crippen LogP contribution >= 0.6 is 27.5 Å². The summed E-state index contributed by atoms with van der Waals surface area (Å²) in [5, 5.41) is -0.156. The number of hydrogen-bond acceptors (Lipinski definition) is 2. The Hall–Kier alpha value is -1.18. The van der Waals surface area contributed by atoms with Crippen molar-refractivity contribution in [2.24, 2.45) is 0 Å². The molecular weight excluding hydrogens is 376 g/mol. The lowest BCUT2D eigenvalue weighted by molar-refractivity contribution is 0.593. The summed E-state index contributed by atoms with van der Waals surface area (Å²) in [6.45, 7) is 0. The fraction of sp³-hybridized carbons (Fsp3) is 0. The first-order valence-corrected chi connectivity index (χ1v) is 7.88. The van der Waals surface area contributed by atoms with Crippen molar-refractivity contribution >= 4 is 43.2 Å². The molecule has 0 bridgehead atoms. The molecule has 0 aromatic heterocycles. The van der Waals surface area contributed by atoms with Crippen molar-refractivity contribution in [1.29, 1.82) is 0 Å². The summed E-state index contributed by atoms with van der Waals surface area (Å²) in [7, 11) is -4.18. The van der Waals surface area contributed by atoms with E-state index in [9.17, 15) is 17.2 Å². The van der Waals surface area contributed by atoms with Crippen molar-refractivity contribution in [2.45, 2.75) is 4.90 Å². The van der Waals surface area contributed by atoms with Crippen LogP contribution in [0, 0.1) is 11.6 Å². The fourth-order valence-corrected chi connectivity index (χ4v) is 3.37. The van der Waals surface area contributed by atoms with E-state index in [1.54, 1.807) is 0 Å². The predicted octanol–water partition coefficient (Wildman–Crippen LogP) is 4.18. The Morgan fingerprint density at radius 3 is 2.45 bits per heavy atom. The Morgan fingerprint density at radius 1 is 1.10 bits per heavy atom. The molecule has 106 valence electrons. The van der Waals surface area contributed by atoms with Gasteiger partial charge in [0.25, 0.3) is 10.0 Å². The summed E-state index contributed by atoms with van der Waals surface area (Å²) in [5.41, 5.74) is -0.256. The van der Waals surface area contributed by atoms with Crippen molar-refractivity contribution in [3.8, 4) is 0 Å². The Balaban J connectivity index is 2.43. The maximum Gasteiger partial charge on any atom is 0.263 e. The topological polar surface area (TPSA) is 46.2 Å². The molecule has 0 aliphatic rings. The molecule has 3 nitrogen and oxygen atoms in total. The SMILES string of the molecule is O=S(=O)(Nc1ccc(Br)cc1F)c1cc(F)ccc1Cl. The zero-order chi connectivity index (χ0) is 14.9. The molecule has 0 fully saturated rings. The molecule has 0 heterocycles. The standard InChI is InChI=1S/C12H7BrClF2NO2S/c13-7-1-4-11(10(16)5-7)17-20(18,19)12-6-8(15)2-3-9(12)14/h1-6,17H. The van der Waals surface area contributed by atoms with Crippen molar-refractivity contribution in [1.82, 2.24) is 0 Å². The van der Waals surface area contributed by atoms with E-state index < -0.39 is 26.6 Å². The highest BCUT2D eigenvalue weighted by Crippen LogP contribution is 2.26. The predicted molar refractivity (Wildman–Crippen MR) is 76.3 cm³/mol. The van der Waals surface area contributed by atoms with Gasteiger partial charge in [-0.3, -0.25) is 4.72 Å². The van der Waals surface area contributed by atoms with Gasteiger partial charge in [-0.2, -0.15) is 0 Å². The maximum atomic E-state index is 13.6. The quantitative estimate of drug-likeness (QED) is 0.865. The van der Waals surface area contributed by atoms with Gasteiger partial charge in [0, 0.05) is 4.47 Å². The molecule has 20 heavy (non-hydrogen) atoms. The van der Waals surface area contributed by atoms with E-state index in [0.717, 1.165) is 24.3 Å². The Kier molecular flexibility index (Phi) is 4.31. The largest absolute Gasteiger partial charge is 0.277 e. The molecule has 0 saturated heterocycles. The molecule has 8 heteroatoms. The van der Waals surface area contributed by atoms with Crippen LogP contribution in [0.1, 0.15) is 0 Å². The highest BCUT2D eigenvalue weighted by atomic mass is 79.9. The zero-order valence-corrected chi connectivity index (χ0v) is 12.9. The van der Waals surface area contributed by atoms with Crippen LogP contribution in [-0.4, -0.2) is 8.42 Å². The van der Waals surface area contributed by atoms with Crippen LogP contribution < -0.4 is 4.72 Å². The van der Waals surface area contributed by atoms with Gasteiger partial charge in [0.2, 0.25) is 0 Å². The number of anilines is 1. The maximum absolute atomic E-state index is 13.6. The lowest BCUT2D eigenvalue weighted by Crippen LogP contribution is -2.14. The van der Waals surface area contributed by atoms with E-state index in [1.807, 2.05) is 4.72 Å². The van der Waals surface area contributed by atoms with Gasteiger partial charge in [-0.25, -0.2) is 17.2 Å². The minimum Gasteiger partial charge on any atom is -0.277 e. The number of benzene rings is 2. The zero-order valence-electron chi connectivity index (χ0n) is 9.70. The highest BCUT2D eigenvalue weighted by Gasteiger charge is 2.20. The monoisotopic (exact) mass is 381 g/mol. The average molecular weight is 383 g/mol. The van der Waals surface area contributed by atoms with E-state index in [1.165, 1.54) is 12.1 Å². The van der Waals surface area contributed by atoms with Crippen LogP contribution in [0.25, 0.3) is 0 Å².